The summed E-state index contributed by atoms with van der Waals surface area (Å²) < 4.78 is 5.27. The molecule has 5 heteroatoms. The van der Waals surface area contributed by atoms with Crippen molar-refractivity contribution in [3.63, 3.8) is 0 Å². The third-order valence-electron chi connectivity index (χ3n) is 4.87. The first-order valence-electron chi connectivity index (χ1n) is 9.37. The normalized spacial score (nSPS) is 15.9. The monoisotopic (exact) mass is 376 g/mol. The molecule has 1 heterocycles. The maximum atomic E-state index is 12.6. The van der Waals surface area contributed by atoms with Gasteiger partial charge < -0.3 is 15.0 Å². The standard InChI is InChI=1S/C23H24N2O3/c1-3-6-22(26)25-14-5-8-19(16-25)23(27)24-20-12-10-17(11-13-20)18-7-4-9-21(15-18)28-2/h4,7,9-13,15,19H,5,8,14,16H2,1-2H3,(H,24,27)/t19-/m0/s1. The lowest BCUT2D eigenvalue weighted by Gasteiger charge is -2.30. The largest absolute Gasteiger partial charge is 0.497 e. The molecule has 0 radical (unpaired) electrons. The molecule has 1 atom stereocenters. The molecule has 1 saturated heterocycles. The van der Waals surface area contributed by atoms with Gasteiger partial charge in [-0.3, -0.25) is 9.59 Å². The van der Waals surface area contributed by atoms with Crippen molar-refractivity contribution in [2.45, 2.75) is 19.8 Å². The number of nitrogens with one attached hydrogen (secondary N) is 1. The van der Waals surface area contributed by atoms with Crippen LogP contribution in [0.4, 0.5) is 5.69 Å². The smallest absolute Gasteiger partial charge is 0.298 e. The molecule has 0 aromatic heterocycles. The zero-order valence-corrected chi connectivity index (χ0v) is 16.2. The highest BCUT2D eigenvalue weighted by molar-refractivity contribution is 5.96. The first-order valence-corrected chi connectivity index (χ1v) is 9.37. The number of carbonyl (C=O) groups is 2. The lowest BCUT2D eigenvalue weighted by molar-refractivity contribution is -0.129. The number of piperidine rings is 1. The molecule has 28 heavy (non-hydrogen) atoms. The lowest BCUT2D eigenvalue weighted by atomic mass is 9.97. The minimum absolute atomic E-state index is 0.0592. The SMILES string of the molecule is CC#CC(=O)N1CCC[C@H](C(=O)Nc2ccc(-c3cccc(OC)c3)cc2)C1. The van der Waals surface area contributed by atoms with Crippen molar-refractivity contribution >= 4 is 17.5 Å². The fraction of sp³-hybridized carbons (Fsp3) is 0.304. The third kappa shape index (κ3) is 4.72. The van der Waals surface area contributed by atoms with Crippen LogP contribution in [0.25, 0.3) is 11.1 Å². The van der Waals surface area contributed by atoms with Gasteiger partial charge in [-0.05, 0) is 61.1 Å². The number of hydrogen-bond acceptors (Lipinski definition) is 3. The summed E-state index contributed by atoms with van der Waals surface area (Å²) in [6, 6.07) is 15.6. The molecule has 144 valence electrons. The molecule has 0 unspecified atom stereocenters. The highest BCUT2D eigenvalue weighted by atomic mass is 16.5. The van der Waals surface area contributed by atoms with Crippen LogP contribution >= 0.6 is 0 Å². The van der Waals surface area contributed by atoms with Crippen LogP contribution in [0, 0.1) is 17.8 Å². The fourth-order valence-electron chi connectivity index (χ4n) is 3.35. The van der Waals surface area contributed by atoms with Crippen LogP contribution in [0.1, 0.15) is 19.8 Å². The van der Waals surface area contributed by atoms with Crippen molar-refractivity contribution in [3.8, 4) is 28.7 Å². The van der Waals surface area contributed by atoms with Crippen LogP contribution in [0.2, 0.25) is 0 Å². The molecular formula is C23H24N2O3. The van der Waals surface area contributed by atoms with E-state index in [0.29, 0.717) is 13.1 Å². The number of hydrogen-bond donors (Lipinski definition) is 1. The van der Waals surface area contributed by atoms with Crippen LogP contribution in [0.3, 0.4) is 0 Å². The van der Waals surface area contributed by atoms with Gasteiger partial charge in [0, 0.05) is 18.8 Å². The zero-order valence-electron chi connectivity index (χ0n) is 16.2. The summed E-state index contributed by atoms with van der Waals surface area (Å²) >= 11 is 0. The first kappa shape index (κ1) is 19.5. The molecule has 2 aromatic carbocycles. The average Bonchev–Trinajstić information content (AvgIpc) is 2.74. The molecule has 0 saturated carbocycles. The maximum absolute atomic E-state index is 12.6. The van der Waals surface area contributed by atoms with Crippen molar-refractivity contribution in [3.05, 3.63) is 48.5 Å². The predicted molar refractivity (Wildman–Crippen MR) is 110 cm³/mol. The highest BCUT2D eigenvalue weighted by Crippen LogP contribution is 2.25. The van der Waals surface area contributed by atoms with E-state index in [1.165, 1.54) is 0 Å². The lowest BCUT2D eigenvalue weighted by Crippen LogP contribution is -2.43. The number of rotatable bonds is 4. The number of ether oxygens (including phenoxy) is 1. The van der Waals surface area contributed by atoms with Crippen molar-refractivity contribution < 1.29 is 14.3 Å². The molecule has 2 aromatic rings. The summed E-state index contributed by atoms with van der Waals surface area (Å²) in [5.41, 5.74) is 2.84. The Kier molecular flexibility index (Phi) is 6.33. The second-order valence-electron chi connectivity index (χ2n) is 6.76. The number of anilines is 1. The van der Waals surface area contributed by atoms with Crippen LogP contribution in [0.5, 0.6) is 5.75 Å². The molecular weight excluding hydrogens is 352 g/mol. The molecule has 1 N–H and O–H groups in total. The van der Waals surface area contributed by atoms with Gasteiger partial charge in [-0.2, -0.15) is 0 Å². The topological polar surface area (TPSA) is 58.6 Å². The Balaban J connectivity index is 1.64. The summed E-state index contributed by atoms with van der Waals surface area (Å²) in [5, 5.41) is 2.97. The van der Waals surface area contributed by atoms with Crippen molar-refractivity contribution in [1.29, 1.82) is 0 Å². The number of methoxy groups -OCH3 is 1. The Hall–Kier alpha value is -3.26. The van der Waals surface area contributed by atoms with Gasteiger partial charge in [0.15, 0.2) is 0 Å². The van der Waals surface area contributed by atoms with Crippen LogP contribution < -0.4 is 10.1 Å². The third-order valence-corrected chi connectivity index (χ3v) is 4.87. The molecule has 5 nitrogen and oxygen atoms in total. The predicted octanol–water partition coefficient (Wildman–Crippen LogP) is 3.56. The Morgan fingerprint density at radius 2 is 1.93 bits per heavy atom. The number of nitrogens with zero attached hydrogens (tertiary/aromatic N) is 1. The van der Waals surface area contributed by atoms with Crippen molar-refractivity contribution in [2.75, 3.05) is 25.5 Å². The van der Waals surface area contributed by atoms with Gasteiger partial charge in [-0.1, -0.05) is 30.2 Å². The van der Waals surface area contributed by atoms with Gasteiger partial charge in [0.1, 0.15) is 5.75 Å². The van der Waals surface area contributed by atoms with E-state index in [4.69, 9.17) is 4.74 Å². The molecule has 0 spiro atoms. The Labute approximate surface area is 165 Å². The quantitative estimate of drug-likeness (QED) is 0.830. The fourth-order valence-corrected chi connectivity index (χ4v) is 3.35. The second kappa shape index (κ2) is 9.09. The highest BCUT2D eigenvalue weighted by Gasteiger charge is 2.27. The summed E-state index contributed by atoms with van der Waals surface area (Å²) in [6.07, 6.45) is 1.58. The van der Waals surface area contributed by atoms with E-state index in [1.54, 1.807) is 18.9 Å². The summed E-state index contributed by atoms with van der Waals surface area (Å²) in [4.78, 5) is 26.2. The van der Waals surface area contributed by atoms with E-state index in [2.05, 4.69) is 17.2 Å². The van der Waals surface area contributed by atoms with E-state index in [9.17, 15) is 9.59 Å². The molecule has 2 amide bonds. The number of carbonyl (C=O) groups excluding carboxylic acids is 2. The molecule has 3 rings (SSSR count). The summed E-state index contributed by atoms with van der Waals surface area (Å²) in [6.45, 7) is 2.72. The molecule has 1 aliphatic heterocycles. The Bertz CT molecular complexity index is 909. The second-order valence-corrected chi connectivity index (χ2v) is 6.76. The first-order chi connectivity index (χ1) is 13.6. The van der Waals surface area contributed by atoms with E-state index in [1.807, 2.05) is 48.5 Å². The van der Waals surface area contributed by atoms with E-state index < -0.39 is 0 Å². The van der Waals surface area contributed by atoms with Gasteiger partial charge in [0.25, 0.3) is 5.91 Å². The van der Waals surface area contributed by atoms with Crippen molar-refractivity contribution in [1.82, 2.24) is 4.90 Å². The Morgan fingerprint density at radius 3 is 2.64 bits per heavy atom. The average molecular weight is 376 g/mol. The van der Waals surface area contributed by atoms with Crippen molar-refractivity contribution in [2.24, 2.45) is 5.92 Å². The van der Waals surface area contributed by atoms with Gasteiger partial charge in [-0.15, -0.1) is 0 Å². The Morgan fingerprint density at radius 1 is 1.14 bits per heavy atom. The van der Waals surface area contributed by atoms with Crippen LogP contribution in [0.15, 0.2) is 48.5 Å². The van der Waals surface area contributed by atoms with Gasteiger partial charge in [0.2, 0.25) is 5.91 Å². The number of amides is 2. The van der Waals surface area contributed by atoms with E-state index in [0.717, 1.165) is 35.4 Å². The molecule has 1 fully saturated rings. The van der Waals surface area contributed by atoms with Gasteiger partial charge in [-0.25, -0.2) is 0 Å². The molecule has 1 aliphatic rings. The molecule has 0 aliphatic carbocycles. The van der Waals surface area contributed by atoms with Gasteiger partial charge in [0.05, 0.1) is 13.0 Å². The maximum Gasteiger partial charge on any atom is 0.298 e. The van der Waals surface area contributed by atoms with E-state index in [-0.39, 0.29) is 17.7 Å². The van der Waals surface area contributed by atoms with Crippen LogP contribution in [-0.4, -0.2) is 36.9 Å². The summed E-state index contributed by atoms with van der Waals surface area (Å²) in [5.74, 6) is 5.50. The zero-order chi connectivity index (χ0) is 19.9. The molecule has 0 bridgehead atoms. The van der Waals surface area contributed by atoms with Crippen LogP contribution in [-0.2, 0) is 9.59 Å². The van der Waals surface area contributed by atoms with Gasteiger partial charge >= 0.3 is 0 Å². The number of likely N-dealkylation sites (tertiary alicyclic amines) is 1. The number of benzene rings is 2. The minimum Gasteiger partial charge on any atom is -0.497 e. The van der Waals surface area contributed by atoms with E-state index >= 15 is 0 Å². The minimum atomic E-state index is -0.214. The summed E-state index contributed by atoms with van der Waals surface area (Å²) in [7, 11) is 1.65.